The molecular formula is C12H16N4O. The van der Waals surface area contributed by atoms with E-state index in [0.29, 0.717) is 11.4 Å². The summed E-state index contributed by atoms with van der Waals surface area (Å²) in [5.41, 5.74) is 1.38. The van der Waals surface area contributed by atoms with Crippen LogP contribution in [-0.4, -0.2) is 43.5 Å². The summed E-state index contributed by atoms with van der Waals surface area (Å²) >= 11 is 0. The van der Waals surface area contributed by atoms with Crippen LogP contribution in [0.3, 0.4) is 0 Å². The fraction of sp³-hybridized carbons (Fsp3) is 0.417. The largest absolute Gasteiger partial charge is 0.349 e. The summed E-state index contributed by atoms with van der Waals surface area (Å²) < 4.78 is 0. The third kappa shape index (κ3) is 2.94. The topological polar surface area (TPSA) is 60.2 Å². The fourth-order valence-electron chi connectivity index (χ4n) is 1.39. The van der Waals surface area contributed by atoms with Gasteiger partial charge in [-0.05, 0) is 18.6 Å². The Bertz CT molecular complexity index is 462. The van der Waals surface area contributed by atoms with Crippen LogP contribution in [-0.2, 0) is 4.79 Å². The maximum absolute atomic E-state index is 11.6. The molecule has 0 aromatic carbocycles. The Labute approximate surface area is 101 Å². The van der Waals surface area contributed by atoms with Gasteiger partial charge < -0.3 is 9.80 Å². The standard InChI is InChI=1S/C12H16N4O/c1-9-5-6-14-12(10(9)7-13)16(4)8-11(17)15(2)3/h5-6H,8H2,1-4H3. The number of carbonyl (C=O) groups is 1. The molecule has 5 heteroatoms. The highest BCUT2D eigenvalue weighted by Gasteiger charge is 2.14. The summed E-state index contributed by atoms with van der Waals surface area (Å²) in [4.78, 5) is 18.9. The van der Waals surface area contributed by atoms with Crippen LogP contribution in [0.5, 0.6) is 0 Å². The van der Waals surface area contributed by atoms with Gasteiger partial charge in [0.15, 0.2) is 0 Å². The highest BCUT2D eigenvalue weighted by Crippen LogP contribution is 2.18. The maximum atomic E-state index is 11.6. The summed E-state index contributed by atoms with van der Waals surface area (Å²) in [5.74, 6) is 0.516. The molecule has 17 heavy (non-hydrogen) atoms. The van der Waals surface area contributed by atoms with Gasteiger partial charge >= 0.3 is 0 Å². The predicted octanol–water partition coefficient (Wildman–Crippen LogP) is 0.786. The Hall–Kier alpha value is -2.09. The summed E-state index contributed by atoms with van der Waals surface area (Å²) in [6.07, 6.45) is 1.64. The van der Waals surface area contributed by atoms with Crippen molar-refractivity contribution in [2.45, 2.75) is 6.92 Å². The molecule has 0 saturated heterocycles. The Balaban J connectivity index is 2.98. The molecule has 1 aromatic heterocycles. The van der Waals surface area contributed by atoms with Crippen LogP contribution in [0.4, 0.5) is 5.82 Å². The molecule has 0 aliphatic heterocycles. The maximum Gasteiger partial charge on any atom is 0.241 e. The number of nitrogens with zero attached hydrogens (tertiary/aromatic N) is 4. The van der Waals surface area contributed by atoms with E-state index in [1.165, 1.54) is 4.90 Å². The van der Waals surface area contributed by atoms with Crippen LogP contribution >= 0.6 is 0 Å². The number of hydrogen-bond donors (Lipinski definition) is 0. The molecule has 1 aromatic rings. The van der Waals surface area contributed by atoms with Crippen molar-refractivity contribution in [3.8, 4) is 6.07 Å². The van der Waals surface area contributed by atoms with Gasteiger partial charge in [-0.3, -0.25) is 4.79 Å². The predicted molar refractivity (Wildman–Crippen MR) is 65.7 cm³/mol. The molecule has 5 nitrogen and oxygen atoms in total. The third-order valence-electron chi connectivity index (χ3n) is 2.48. The van der Waals surface area contributed by atoms with Crippen LogP contribution in [0.2, 0.25) is 0 Å². The molecule has 1 amide bonds. The number of carbonyl (C=O) groups excluding carboxylic acids is 1. The van der Waals surface area contributed by atoms with Gasteiger partial charge in [-0.25, -0.2) is 4.98 Å². The summed E-state index contributed by atoms with van der Waals surface area (Å²) in [7, 11) is 5.15. The normalized spacial score (nSPS) is 9.59. The summed E-state index contributed by atoms with van der Waals surface area (Å²) in [5, 5.41) is 9.08. The second-order valence-electron chi connectivity index (χ2n) is 4.08. The zero-order chi connectivity index (χ0) is 13.0. The van der Waals surface area contributed by atoms with Crippen molar-refractivity contribution in [3.05, 3.63) is 23.4 Å². The van der Waals surface area contributed by atoms with Crippen LogP contribution in [0.1, 0.15) is 11.1 Å². The Morgan fingerprint density at radius 3 is 2.65 bits per heavy atom. The molecule has 0 unspecified atom stereocenters. The monoisotopic (exact) mass is 232 g/mol. The van der Waals surface area contributed by atoms with Gasteiger partial charge in [0.1, 0.15) is 11.9 Å². The minimum atomic E-state index is -0.0281. The number of aryl methyl sites for hydroxylation is 1. The molecule has 0 aliphatic carbocycles. The molecule has 0 N–H and O–H groups in total. The third-order valence-corrected chi connectivity index (χ3v) is 2.48. The van der Waals surface area contributed by atoms with Crippen LogP contribution in [0, 0.1) is 18.3 Å². The van der Waals surface area contributed by atoms with Crippen LogP contribution in [0.15, 0.2) is 12.3 Å². The highest BCUT2D eigenvalue weighted by atomic mass is 16.2. The van der Waals surface area contributed by atoms with Gasteiger partial charge in [-0.1, -0.05) is 0 Å². The number of pyridine rings is 1. The summed E-state index contributed by atoms with van der Waals surface area (Å²) in [6, 6.07) is 3.90. The molecule has 0 saturated carbocycles. The van der Waals surface area contributed by atoms with E-state index in [0.717, 1.165) is 5.56 Å². The average molecular weight is 232 g/mol. The van der Waals surface area contributed by atoms with E-state index in [2.05, 4.69) is 11.1 Å². The molecule has 1 heterocycles. The zero-order valence-corrected chi connectivity index (χ0v) is 10.6. The zero-order valence-electron chi connectivity index (χ0n) is 10.6. The van der Waals surface area contributed by atoms with Crippen molar-refractivity contribution in [1.29, 1.82) is 5.26 Å². The highest BCUT2D eigenvalue weighted by molar-refractivity contribution is 5.81. The molecule has 1 rings (SSSR count). The summed E-state index contributed by atoms with van der Waals surface area (Å²) in [6.45, 7) is 2.06. The van der Waals surface area contributed by atoms with Crippen molar-refractivity contribution >= 4 is 11.7 Å². The molecular weight excluding hydrogens is 216 g/mol. The van der Waals surface area contributed by atoms with Gasteiger partial charge in [-0.2, -0.15) is 5.26 Å². The lowest BCUT2D eigenvalue weighted by Gasteiger charge is -2.21. The second kappa shape index (κ2) is 5.30. The molecule has 0 atom stereocenters. The molecule has 90 valence electrons. The SMILES string of the molecule is Cc1ccnc(N(C)CC(=O)N(C)C)c1C#N. The van der Waals surface area contributed by atoms with E-state index in [-0.39, 0.29) is 12.5 Å². The van der Waals surface area contributed by atoms with Crippen molar-refractivity contribution in [2.75, 3.05) is 32.6 Å². The Morgan fingerprint density at radius 1 is 1.47 bits per heavy atom. The molecule has 0 aliphatic rings. The minimum Gasteiger partial charge on any atom is -0.349 e. The van der Waals surface area contributed by atoms with E-state index in [1.54, 1.807) is 38.3 Å². The molecule has 0 spiro atoms. The first kappa shape index (κ1) is 13.0. The number of rotatable bonds is 3. The number of amides is 1. The lowest BCUT2D eigenvalue weighted by atomic mass is 10.1. The lowest BCUT2D eigenvalue weighted by Crippen LogP contribution is -2.35. The number of anilines is 1. The lowest BCUT2D eigenvalue weighted by molar-refractivity contribution is -0.127. The molecule has 0 radical (unpaired) electrons. The van der Waals surface area contributed by atoms with Gasteiger partial charge in [-0.15, -0.1) is 0 Å². The van der Waals surface area contributed by atoms with E-state index >= 15 is 0 Å². The number of nitriles is 1. The van der Waals surface area contributed by atoms with Gasteiger partial charge in [0, 0.05) is 27.3 Å². The second-order valence-corrected chi connectivity index (χ2v) is 4.08. The van der Waals surface area contributed by atoms with Gasteiger partial charge in [0.2, 0.25) is 5.91 Å². The van der Waals surface area contributed by atoms with Crippen molar-refractivity contribution in [2.24, 2.45) is 0 Å². The quantitative estimate of drug-likeness (QED) is 0.773. The first-order valence-corrected chi connectivity index (χ1v) is 5.24. The van der Waals surface area contributed by atoms with Crippen molar-refractivity contribution in [3.63, 3.8) is 0 Å². The van der Waals surface area contributed by atoms with E-state index in [4.69, 9.17) is 5.26 Å². The molecule has 0 bridgehead atoms. The smallest absolute Gasteiger partial charge is 0.241 e. The van der Waals surface area contributed by atoms with Crippen molar-refractivity contribution in [1.82, 2.24) is 9.88 Å². The number of hydrogen-bond acceptors (Lipinski definition) is 4. The Kier molecular flexibility index (Phi) is 4.05. The molecule has 0 fully saturated rings. The minimum absolute atomic E-state index is 0.0281. The van der Waals surface area contributed by atoms with Gasteiger partial charge in [0.25, 0.3) is 0 Å². The number of aromatic nitrogens is 1. The number of likely N-dealkylation sites (N-methyl/N-ethyl adjacent to an activating group) is 2. The fourth-order valence-corrected chi connectivity index (χ4v) is 1.39. The van der Waals surface area contributed by atoms with E-state index < -0.39 is 0 Å². The van der Waals surface area contributed by atoms with Crippen molar-refractivity contribution < 1.29 is 4.79 Å². The Morgan fingerprint density at radius 2 is 2.12 bits per heavy atom. The first-order valence-electron chi connectivity index (χ1n) is 5.24. The van der Waals surface area contributed by atoms with E-state index in [9.17, 15) is 4.79 Å². The van der Waals surface area contributed by atoms with Crippen LogP contribution < -0.4 is 4.90 Å². The van der Waals surface area contributed by atoms with Gasteiger partial charge in [0.05, 0.1) is 12.1 Å². The first-order chi connectivity index (χ1) is 7.97. The average Bonchev–Trinajstić information content (AvgIpc) is 2.28. The van der Waals surface area contributed by atoms with E-state index in [1.807, 2.05) is 6.92 Å². The van der Waals surface area contributed by atoms with Crippen LogP contribution in [0.25, 0.3) is 0 Å².